The minimum absolute atomic E-state index is 0.793. The number of benzene rings is 3. The third kappa shape index (κ3) is 2.09. The largest absolute Gasteiger partial charge is 0.115 e. The van der Waals surface area contributed by atoms with Crippen LogP contribution in [0.4, 0.5) is 0 Å². The average molecular weight is 300 g/mol. The third-order valence-corrected chi connectivity index (χ3v) is 4.24. The summed E-state index contributed by atoms with van der Waals surface area (Å²) in [7, 11) is 0. The molecule has 0 aromatic heterocycles. The molecule has 0 heterocycles. The summed E-state index contributed by atoms with van der Waals surface area (Å²) in [6.07, 6.45) is 11.2. The van der Waals surface area contributed by atoms with E-state index in [9.17, 15) is 0 Å². The van der Waals surface area contributed by atoms with E-state index in [-0.39, 0.29) is 0 Å². The van der Waals surface area contributed by atoms with Crippen LogP contribution in [0.25, 0.3) is 22.3 Å². The molecule has 0 N–H and O–H groups in total. The van der Waals surface area contributed by atoms with E-state index >= 15 is 0 Å². The summed E-state index contributed by atoms with van der Waals surface area (Å²) in [4.78, 5) is 0. The second-order valence-corrected chi connectivity index (χ2v) is 5.57. The molecule has 0 bridgehead atoms. The molecular formula is C24H12. The SMILES string of the molecule is C#Cc1ccccc1C#Cc1cc2c(cc1C#C)-c1ccccc1-2. The van der Waals surface area contributed by atoms with E-state index in [2.05, 4.69) is 47.9 Å². The van der Waals surface area contributed by atoms with Gasteiger partial charge in [0.15, 0.2) is 0 Å². The highest BCUT2D eigenvalue weighted by molar-refractivity contribution is 6.03. The van der Waals surface area contributed by atoms with Gasteiger partial charge in [-0.15, -0.1) is 12.8 Å². The Morgan fingerprint density at radius 3 is 1.62 bits per heavy atom. The Hall–Kier alpha value is -3.66. The molecule has 3 aromatic carbocycles. The maximum absolute atomic E-state index is 5.69. The predicted molar refractivity (Wildman–Crippen MR) is 99.2 cm³/mol. The minimum atomic E-state index is 0.793. The summed E-state index contributed by atoms with van der Waals surface area (Å²) in [6.45, 7) is 0. The summed E-state index contributed by atoms with van der Waals surface area (Å²) in [5.41, 5.74) is 8.22. The molecule has 0 radical (unpaired) electrons. The zero-order chi connectivity index (χ0) is 16.5. The quantitative estimate of drug-likeness (QED) is 0.413. The van der Waals surface area contributed by atoms with Crippen molar-refractivity contribution in [2.75, 3.05) is 0 Å². The van der Waals surface area contributed by atoms with E-state index < -0.39 is 0 Å². The van der Waals surface area contributed by atoms with Crippen LogP contribution in [0.5, 0.6) is 0 Å². The molecule has 0 saturated carbocycles. The first-order chi connectivity index (χ1) is 11.8. The summed E-state index contributed by atoms with van der Waals surface area (Å²) in [5.74, 6) is 11.8. The zero-order valence-electron chi connectivity index (χ0n) is 12.9. The van der Waals surface area contributed by atoms with Gasteiger partial charge in [-0.3, -0.25) is 0 Å². The van der Waals surface area contributed by atoms with Crippen LogP contribution in [0.2, 0.25) is 0 Å². The van der Waals surface area contributed by atoms with Crippen LogP contribution in [0.15, 0.2) is 60.7 Å². The van der Waals surface area contributed by atoms with Crippen molar-refractivity contribution in [1.29, 1.82) is 0 Å². The first kappa shape index (κ1) is 14.0. The Bertz CT molecular complexity index is 1120. The molecule has 0 fully saturated rings. The Kier molecular flexibility index (Phi) is 3.21. The van der Waals surface area contributed by atoms with E-state index in [0.717, 1.165) is 22.3 Å². The van der Waals surface area contributed by atoms with Crippen molar-refractivity contribution in [3.8, 4) is 58.8 Å². The lowest BCUT2D eigenvalue weighted by Gasteiger charge is -2.24. The number of hydrogen-bond acceptors (Lipinski definition) is 0. The van der Waals surface area contributed by atoms with Gasteiger partial charge in [0, 0.05) is 22.3 Å². The summed E-state index contributed by atoms with van der Waals surface area (Å²) >= 11 is 0. The Balaban J connectivity index is 1.82. The van der Waals surface area contributed by atoms with E-state index in [0.29, 0.717) is 0 Å². The highest BCUT2D eigenvalue weighted by atomic mass is 14.2. The highest BCUT2D eigenvalue weighted by Gasteiger charge is 2.22. The van der Waals surface area contributed by atoms with Crippen molar-refractivity contribution in [1.82, 2.24) is 0 Å². The van der Waals surface area contributed by atoms with Crippen molar-refractivity contribution in [2.24, 2.45) is 0 Å². The summed E-state index contributed by atoms with van der Waals surface area (Å²) in [6, 6.07) is 20.1. The maximum atomic E-state index is 5.69. The number of fused-ring (bicyclic) bond motifs is 4. The molecule has 1 aliphatic rings. The van der Waals surface area contributed by atoms with Crippen LogP contribution in [0.3, 0.4) is 0 Å². The van der Waals surface area contributed by atoms with Gasteiger partial charge in [-0.2, -0.15) is 0 Å². The molecule has 0 aliphatic heterocycles. The Labute approximate surface area is 142 Å². The van der Waals surface area contributed by atoms with E-state index in [4.69, 9.17) is 12.8 Å². The van der Waals surface area contributed by atoms with E-state index in [1.807, 2.05) is 36.4 Å². The van der Waals surface area contributed by atoms with Crippen LogP contribution < -0.4 is 0 Å². The maximum Gasteiger partial charge on any atom is 0.0412 e. The molecule has 0 heteroatoms. The van der Waals surface area contributed by atoms with Gasteiger partial charge >= 0.3 is 0 Å². The molecule has 0 atom stereocenters. The fourth-order valence-electron chi connectivity index (χ4n) is 3.01. The number of hydrogen-bond donors (Lipinski definition) is 0. The van der Waals surface area contributed by atoms with E-state index in [1.54, 1.807) is 0 Å². The topological polar surface area (TPSA) is 0 Å². The molecule has 0 nitrogen and oxygen atoms in total. The molecule has 0 unspecified atom stereocenters. The molecule has 24 heavy (non-hydrogen) atoms. The van der Waals surface area contributed by atoms with Gasteiger partial charge in [-0.25, -0.2) is 0 Å². The fourth-order valence-corrected chi connectivity index (χ4v) is 3.01. The number of terminal acetylenes is 2. The van der Waals surface area contributed by atoms with Crippen LogP contribution in [-0.2, 0) is 0 Å². The Morgan fingerprint density at radius 1 is 0.500 bits per heavy atom. The average Bonchev–Trinajstić information content (AvgIpc) is 2.64. The van der Waals surface area contributed by atoms with Crippen molar-refractivity contribution < 1.29 is 0 Å². The molecule has 0 amide bonds. The van der Waals surface area contributed by atoms with E-state index in [1.165, 1.54) is 22.3 Å². The zero-order valence-corrected chi connectivity index (χ0v) is 12.9. The van der Waals surface area contributed by atoms with Gasteiger partial charge in [0.05, 0.1) is 0 Å². The first-order valence-electron chi connectivity index (χ1n) is 7.64. The molecule has 1 aliphatic carbocycles. The second kappa shape index (κ2) is 5.52. The number of rotatable bonds is 0. The Morgan fingerprint density at radius 2 is 1.00 bits per heavy atom. The first-order valence-corrected chi connectivity index (χ1v) is 7.64. The summed E-state index contributed by atoms with van der Waals surface area (Å²) in [5, 5.41) is 0. The summed E-state index contributed by atoms with van der Waals surface area (Å²) < 4.78 is 0. The van der Waals surface area contributed by atoms with Gasteiger partial charge in [0.25, 0.3) is 0 Å². The van der Waals surface area contributed by atoms with Crippen molar-refractivity contribution >= 4 is 0 Å². The standard InChI is InChI=1S/C24H12/c1-3-17-9-5-6-10-19(17)13-14-20-16-24-22-12-8-7-11-21(22)23(24)15-18(20)4-2/h1-2,5-12,15-16H. The van der Waals surface area contributed by atoms with Crippen LogP contribution in [-0.4, -0.2) is 0 Å². The lowest BCUT2D eigenvalue weighted by Crippen LogP contribution is -2.00. The second-order valence-electron chi connectivity index (χ2n) is 5.57. The molecule has 0 spiro atoms. The van der Waals surface area contributed by atoms with Crippen molar-refractivity contribution in [3.63, 3.8) is 0 Å². The molecule has 0 saturated heterocycles. The van der Waals surface area contributed by atoms with Crippen LogP contribution in [0, 0.1) is 36.5 Å². The van der Waals surface area contributed by atoms with Crippen LogP contribution in [0.1, 0.15) is 22.3 Å². The fraction of sp³-hybridized carbons (Fsp3) is 0. The van der Waals surface area contributed by atoms with Crippen molar-refractivity contribution in [2.45, 2.75) is 0 Å². The lowest BCUT2D eigenvalue weighted by molar-refractivity contribution is 1.48. The van der Waals surface area contributed by atoms with Gasteiger partial charge in [-0.1, -0.05) is 60.1 Å². The van der Waals surface area contributed by atoms with Gasteiger partial charge in [0.2, 0.25) is 0 Å². The highest BCUT2D eigenvalue weighted by Crippen LogP contribution is 2.47. The van der Waals surface area contributed by atoms with Gasteiger partial charge < -0.3 is 0 Å². The minimum Gasteiger partial charge on any atom is -0.115 e. The lowest BCUT2D eigenvalue weighted by atomic mass is 9.78. The van der Waals surface area contributed by atoms with Crippen LogP contribution >= 0.6 is 0 Å². The predicted octanol–water partition coefficient (Wildman–Crippen LogP) is 4.70. The molecular weight excluding hydrogens is 288 g/mol. The monoisotopic (exact) mass is 300 g/mol. The molecule has 3 aromatic rings. The molecule has 4 rings (SSSR count). The van der Waals surface area contributed by atoms with Gasteiger partial charge in [0.1, 0.15) is 0 Å². The smallest absolute Gasteiger partial charge is 0.0412 e. The third-order valence-electron chi connectivity index (χ3n) is 4.24. The van der Waals surface area contributed by atoms with Gasteiger partial charge in [-0.05, 0) is 46.5 Å². The molecule has 108 valence electrons. The van der Waals surface area contributed by atoms with Crippen molar-refractivity contribution in [3.05, 3.63) is 82.9 Å². The normalized spacial score (nSPS) is 10.1.